The molecule has 1 aromatic rings. The minimum absolute atomic E-state index is 0.115. The normalized spacial score (nSPS) is 19.5. The van der Waals surface area contributed by atoms with E-state index in [1.807, 2.05) is 13.8 Å². The molecule has 4 atom stereocenters. The van der Waals surface area contributed by atoms with Crippen LogP contribution in [0.2, 0.25) is 0 Å². The summed E-state index contributed by atoms with van der Waals surface area (Å²) in [6, 6.07) is -1.33. The van der Waals surface area contributed by atoms with Gasteiger partial charge >= 0.3 is 0 Å². The fourth-order valence-corrected chi connectivity index (χ4v) is 3.47. The third kappa shape index (κ3) is 8.71. The van der Waals surface area contributed by atoms with Crippen LogP contribution in [-0.4, -0.2) is 86.4 Å². The van der Waals surface area contributed by atoms with Gasteiger partial charge in [-0.25, -0.2) is 0 Å². The highest BCUT2D eigenvalue weighted by Crippen LogP contribution is 2.29. The summed E-state index contributed by atoms with van der Waals surface area (Å²) in [5, 5.41) is 11.6. The van der Waals surface area contributed by atoms with Crippen LogP contribution in [-0.2, 0) is 39.8 Å². The zero-order valence-corrected chi connectivity index (χ0v) is 21.1. The lowest BCUT2D eigenvalue weighted by Gasteiger charge is -2.26. The van der Waals surface area contributed by atoms with Gasteiger partial charge in [-0.15, -0.1) is 0 Å². The van der Waals surface area contributed by atoms with E-state index in [0.717, 1.165) is 0 Å². The van der Waals surface area contributed by atoms with Gasteiger partial charge in [0.2, 0.25) is 17.7 Å². The SMILES string of the molecule is COCC(NC(=O)Cc1cc(C)no1)C(=O)N[C@@H](COC)C(=O)NC(CC(C)C)C(=O)C1(C)CO1. The van der Waals surface area contributed by atoms with Gasteiger partial charge in [0.25, 0.3) is 0 Å². The van der Waals surface area contributed by atoms with E-state index >= 15 is 0 Å². The van der Waals surface area contributed by atoms with Crippen molar-refractivity contribution in [3.8, 4) is 0 Å². The van der Waals surface area contributed by atoms with Crippen LogP contribution in [0.5, 0.6) is 0 Å². The van der Waals surface area contributed by atoms with E-state index in [1.165, 1.54) is 14.2 Å². The first-order valence-electron chi connectivity index (χ1n) is 11.5. The molecule has 2 heterocycles. The number of amides is 3. The summed E-state index contributed by atoms with van der Waals surface area (Å²) >= 11 is 0. The number of carbonyl (C=O) groups is 4. The highest BCUT2D eigenvalue weighted by atomic mass is 16.6. The van der Waals surface area contributed by atoms with Crippen molar-refractivity contribution in [3.05, 3.63) is 17.5 Å². The Hall–Kier alpha value is -2.83. The first-order chi connectivity index (χ1) is 16.5. The van der Waals surface area contributed by atoms with Crippen LogP contribution in [0.15, 0.2) is 10.6 Å². The number of nitrogens with zero attached hydrogens (tertiary/aromatic N) is 1. The molecule has 0 spiro atoms. The monoisotopic (exact) mass is 496 g/mol. The van der Waals surface area contributed by atoms with Gasteiger partial charge in [0.15, 0.2) is 5.78 Å². The molecule has 2 rings (SSSR count). The van der Waals surface area contributed by atoms with Crippen LogP contribution in [0.4, 0.5) is 0 Å². The predicted octanol–water partition coefficient (Wildman–Crippen LogP) is -0.323. The van der Waals surface area contributed by atoms with Crippen molar-refractivity contribution in [2.45, 2.75) is 64.3 Å². The first-order valence-corrected chi connectivity index (χ1v) is 11.5. The summed E-state index contributed by atoms with van der Waals surface area (Å²) in [7, 11) is 2.77. The maximum atomic E-state index is 13.0. The molecule has 0 saturated carbocycles. The average molecular weight is 497 g/mol. The van der Waals surface area contributed by atoms with Crippen LogP contribution in [0, 0.1) is 12.8 Å². The topological polar surface area (TPSA) is 161 Å². The lowest BCUT2D eigenvalue weighted by atomic mass is 9.93. The van der Waals surface area contributed by atoms with Gasteiger partial charge in [0.05, 0.1) is 38.0 Å². The van der Waals surface area contributed by atoms with Gasteiger partial charge in [0.1, 0.15) is 23.4 Å². The van der Waals surface area contributed by atoms with E-state index in [9.17, 15) is 19.2 Å². The van der Waals surface area contributed by atoms with Crippen molar-refractivity contribution in [2.75, 3.05) is 34.0 Å². The Morgan fingerprint density at radius 1 is 1.03 bits per heavy atom. The van der Waals surface area contributed by atoms with Crippen molar-refractivity contribution in [1.82, 2.24) is 21.1 Å². The summed E-state index contributed by atoms with van der Waals surface area (Å²) in [5.74, 6) is -1.43. The highest BCUT2D eigenvalue weighted by Gasteiger charge is 2.50. The second-order valence-corrected chi connectivity index (χ2v) is 9.28. The number of aryl methyl sites for hydroxylation is 1. The summed E-state index contributed by atoms with van der Waals surface area (Å²) in [4.78, 5) is 51.2. The molecular formula is C23H36N4O8. The summed E-state index contributed by atoms with van der Waals surface area (Å²) in [5.41, 5.74) is -0.271. The second kappa shape index (κ2) is 12.8. The van der Waals surface area contributed by atoms with Crippen LogP contribution in [0.25, 0.3) is 0 Å². The molecule has 1 fully saturated rings. The van der Waals surface area contributed by atoms with E-state index in [0.29, 0.717) is 24.5 Å². The molecule has 12 heteroatoms. The number of nitrogens with one attached hydrogen (secondary N) is 3. The van der Waals surface area contributed by atoms with Crippen molar-refractivity contribution in [1.29, 1.82) is 0 Å². The predicted molar refractivity (Wildman–Crippen MR) is 123 cm³/mol. The number of carbonyl (C=O) groups excluding carboxylic acids is 4. The number of ketones is 1. The maximum Gasteiger partial charge on any atom is 0.245 e. The third-order valence-electron chi connectivity index (χ3n) is 5.40. The Kier molecular flexibility index (Phi) is 10.3. The van der Waals surface area contributed by atoms with Crippen LogP contribution >= 0.6 is 0 Å². The quantitative estimate of drug-likeness (QED) is 0.276. The van der Waals surface area contributed by atoms with E-state index in [1.54, 1.807) is 19.9 Å². The number of rotatable bonds is 15. The van der Waals surface area contributed by atoms with Crippen molar-refractivity contribution < 1.29 is 37.9 Å². The fraction of sp³-hybridized carbons (Fsp3) is 0.696. The number of Topliss-reactive ketones (excluding diaryl/α,β-unsaturated/α-hetero) is 1. The fourth-order valence-electron chi connectivity index (χ4n) is 3.47. The molecule has 1 saturated heterocycles. The van der Waals surface area contributed by atoms with Gasteiger partial charge in [-0.1, -0.05) is 19.0 Å². The lowest BCUT2D eigenvalue weighted by Crippen LogP contribution is -2.58. The average Bonchev–Trinajstić information content (AvgIpc) is 3.41. The Morgan fingerprint density at radius 3 is 2.03 bits per heavy atom. The number of methoxy groups -OCH3 is 2. The number of ether oxygens (including phenoxy) is 3. The molecule has 0 bridgehead atoms. The molecule has 3 amide bonds. The number of epoxide rings is 1. The Labute approximate surface area is 204 Å². The van der Waals surface area contributed by atoms with Crippen LogP contribution in [0.3, 0.4) is 0 Å². The molecule has 0 aliphatic carbocycles. The molecule has 1 aromatic heterocycles. The van der Waals surface area contributed by atoms with E-state index in [2.05, 4.69) is 21.1 Å². The van der Waals surface area contributed by atoms with Gasteiger partial charge in [0, 0.05) is 20.3 Å². The summed E-state index contributed by atoms with van der Waals surface area (Å²) < 4.78 is 20.5. The molecule has 12 nitrogen and oxygen atoms in total. The van der Waals surface area contributed by atoms with E-state index in [4.69, 9.17) is 18.7 Å². The molecule has 1 aliphatic rings. The molecule has 0 aromatic carbocycles. The molecule has 35 heavy (non-hydrogen) atoms. The Bertz CT molecular complexity index is 896. The van der Waals surface area contributed by atoms with E-state index in [-0.39, 0.29) is 31.3 Å². The smallest absolute Gasteiger partial charge is 0.245 e. The third-order valence-corrected chi connectivity index (χ3v) is 5.40. The number of aromatic nitrogens is 1. The minimum Gasteiger partial charge on any atom is -0.382 e. The second-order valence-electron chi connectivity index (χ2n) is 9.28. The van der Waals surface area contributed by atoms with Gasteiger partial charge in [-0.2, -0.15) is 0 Å². The molecule has 0 radical (unpaired) electrons. The van der Waals surface area contributed by atoms with Gasteiger partial charge in [-0.3, -0.25) is 19.2 Å². The van der Waals surface area contributed by atoms with E-state index < -0.39 is 41.4 Å². The standard InChI is InChI=1S/C23H36N4O8/c1-13(2)7-16(20(29)23(4)12-34-23)25-22(31)18(11-33-6)26-21(30)17(10-32-5)24-19(28)9-15-8-14(3)27-35-15/h8,13,16-18H,7,9-12H2,1-6H3,(H,24,28)(H,25,31)(H,26,30)/t16?,17?,18-,23?/m0/s1. The molecule has 196 valence electrons. The number of hydrogen-bond donors (Lipinski definition) is 3. The van der Waals surface area contributed by atoms with Crippen molar-refractivity contribution in [3.63, 3.8) is 0 Å². The molecule has 3 N–H and O–H groups in total. The van der Waals surface area contributed by atoms with Crippen molar-refractivity contribution in [2.24, 2.45) is 5.92 Å². The van der Waals surface area contributed by atoms with Gasteiger partial charge < -0.3 is 34.7 Å². The maximum absolute atomic E-state index is 13.0. The Balaban J connectivity index is 2.04. The zero-order valence-electron chi connectivity index (χ0n) is 21.1. The first kappa shape index (κ1) is 28.4. The largest absolute Gasteiger partial charge is 0.382 e. The minimum atomic E-state index is -1.10. The molecule has 3 unspecified atom stereocenters. The number of hydrogen-bond acceptors (Lipinski definition) is 9. The van der Waals surface area contributed by atoms with Gasteiger partial charge in [-0.05, 0) is 26.2 Å². The zero-order chi connectivity index (χ0) is 26.2. The van der Waals surface area contributed by atoms with Crippen LogP contribution < -0.4 is 16.0 Å². The van der Waals surface area contributed by atoms with Crippen LogP contribution in [0.1, 0.15) is 38.6 Å². The van der Waals surface area contributed by atoms with Crippen molar-refractivity contribution >= 4 is 23.5 Å². The lowest BCUT2D eigenvalue weighted by molar-refractivity contribution is -0.135. The summed E-state index contributed by atoms with van der Waals surface area (Å²) in [6.45, 7) is 7.33. The summed E-state index contributed by atoms with van der Waals surface area (Å²) in [6.07, 6.45) is 0.302. The highest BCUT2D eigenvalue weighted by molar-refractivity contribution is 5.98. The Morgan fingerprint density at radius 2 is 1.57 bits per heavy atom. The molecule has 1 aliphatic heterocycles. The molecular weight excluding hydrogens is 460 g/mol.